The van der Waals surface area contributed by atoms with Gasteiger partial charge >= 0.3 is 0 Å². The zero-order valence-electron chi connectivity index (χ0n) is 12.8. The van der Waals surface area contributed by atoms with Gasteiger partial charge in [0.05, 0.1) is 31.6 Å². The number of aromatic nitrogens is 3. The van der Waals surface area contributed by atoms with Crippen molar-refractivity contribution in [3.05, 3.63) is 45.6 Å². The number of nitrogens with zero attached hydrogens (tertiary/aromatic N) is 3. The highest BCUT2D eigenvalue weighted by molar-refractivity contribution is 5.92. The number of carbonyl (C=O) groups is 1. The first-order chi connectivity index (χ1) is 11.1. The van der Waals surface area contributed by atoms with Crippen LogP contribution in [0.4, 0.5) is 0 Å². The van der Waals surface area contributed by atoms with Crippen LogP contribution in [0.3, 0.4) is 0 Å². The molecule has 0 unspecified atom stereocenters. The van der Waals surface area contributed by atoms with Crippen LogP contribution in [0.5, 0.6) is 5.75 Å². The Morgan fingerprint density at radius 1 is 1.43 bits per heavy atom. The number of aromatic amines is 1. The van der Waals surface area contributed by atoms with Crippen LogP contribution in [0.25, 0.3) is 0 Å². The highest BCUT2D eigenvalue weighted by atomic mass is 16.5. The maximum absolute atomic E-state index is 12.6. The van der Waals surface area contributed by atoms with Gasteiger partial charge in [-0.2, -0.15) is 5.10 Å². The lowest BCUT2D eigenvalue weighted by Crippen LogP contribution is -2.32. The zero-order valence-corrected chi connectivity index (χ0v) is 12.8. The molecule has 0 bridgehead atoms. The Kier molecular flexibility index (Phi) is 4.16. The van der Waals surface area contributed by atoms with Crippen molar-refractivity contribution >= 4 is 5.91 Å². The number of nitrogens with one attached hydrogen (secondary N) is 1. The number of aliphatic hydroxyl groups is 1. The highest BCUT2D eigenvalue weighted by Crippen LogP contribution is 2.16. The summed E-state index contributed by atoms with van der Waals surface area (Å²) in [6.07, 6.45) is 2.15. The van der Waals surface area contributed by atoms with Crippen LogP contribution in [0.15, 0.2) is 23.1 Å². The zero-order chi connectivity index (χ0) is 16.4. The molecule has 1 aliphatic rings. The predicted octanol–water partition coefficient (Wildman–Crippen LogP) is 0.118. The topological polar surface area (TPSA) is 100 Å². The van der Waals surface area contributed by atoms with Crippen LogP contribution in [-0.4, -0.2) is 44.3 Å². The van der Waals surface area contributed by atoms with E-state index in [1.807, 2.05) is 4.68 Å². The molecule has 2 aromatic rings. The second-order valence-corrected chi connectivity index (χ2v) is 5.37. The number of rotatable bonds is 3. The molecule has 8 heteroatoms. The van der Waals surface area contributed by atoms with E-state index in [2.05, 4.69) is 10.1 Å². The number of pyridine rings is 1. The second-order valence-electron chi connectivity index (χ2n) is 5.37. The van der Waals surface area contributed by atoms with Crippen molar-refractivity contribution in [1.82, 2.24) is 19.7 Å². The lowest BCUT2D eigenvalue weighted by atomic mass is 10.2. The molecule has 23 heavy (non-hydrogen) atoms. The van der Waals surface area contributed by atoms with Crippen LogP contribution in [0.2, 0.25) is 0 Å². The Morgan fingerprint density at radius 2 is 2.26 bits per heavy atom. The van der Waals surface area contributed by atoms with E-state index in [1.54, 1.807) is 11.0 Å². The van der Waals surface area contributed by atoms with Crippen molar-refractivity contribution in [2.75, 3.05) is 13.7 Å². The third kappa shape index (κ3) is 2.98. The molecule has 0 fully saturated rings. The van der Waals surface area contributed by atoms with Gasteiger partial charge in [-0.1, -0.05) is 0 Å². The number of carbonyl (C=O) groups excluding carboxylic acids is 1. The average Bonchev–Trinajstić information content (AvgIpc) is 2.85. The van der Waals surface area contributed by atoms with Gasteiger partial charge in [0, 0.05) is 25.4 Å². The van der Waals surface area contributed by atoms with E-state index in [1.165, 1.54) is 19.4 Å². The summed E-state index contributed by atoms with van der Waals surface area (Å²) in [4.78, 5) is 28.9. The molecule has 2 N–H and O–H groups in total. The number of hydrogen-bond acceptors (Lipinski definition) is 5. The van der Waals surface area contributed by atoms with Crippen LogP contribution < -0.4 is 10.2 Å². The molecular formula is C15H18N4O4. The predicted molar refractivity (Wildman–Crippen MR) is 81.1 cm³/mol. The number of aliphatic hydroxyl groups excluding tert-OH is 1. The van der Waals surface area contributed by atoms with Gasteiger partial charge in [0.15, 0.2) is 5.75 Å². The van der Waals surface area contributed by atoms with E-state index in [0.29, 0.717) is 25.3 Å². The van der Waals surface area contributed by atoms with E-state index < -0.39 is 0 Å². The normalized spacial score (nSPS) is 14.3. The first-order valence-electron chi connectivity index (χ1n) is 7.35. The van der Waals surface area contributed by atoms with Gasteiger partial charge in [-0.3, -0.25) is 14.3 Å². The molecule has 0 radical (unpaired) electrons. The number of hydrogen-bond donors (Lipinski definition) is 2. The molecule has 0 aromatic carbocycles. The highest BCUT2D eigenvalue weighted by Gasteiger charge is 2.22. The third-order valence-corrected chi connectivity index (χ3v) is 3.84. The maximum Gasteiger partial charge on any atom is 0.270 e. The number of aryl methyl sites for hydroxylation is 1. The summed E-state index contributed by atoms with van der Waals surface area (Å²) in [6, 6.07) is 3.05. The van der Waals surface area contributed by atoms with Gasteiger partial charge in [-0.15, -0.1) is 0 Å². The van der Waals surface area contributed by atoms with E-state index in [-0.39, 0.29) is 29.4 Å². The molecule has 3 rings (SSSR count). The number of fused-ring (bicyclic) bond motifs is 1. The minimum atomic E-state index is -0.336. The SMILES string of the molecule is COc1c[nH]c(C(=O)N2CCCn3nc(CO)cc3C2)cc1=O. The van der Waals surface area contributed by atoms with E-state index in [9.17, 15) is 14.7 Å². The Balaban J connectivity index is 1.84. The summed E-state index contributed by atoms with van der Waals surface area (Å²) in [7, 11) is 1.40. The molecule has 8 nitrogen and oxygen atoms in total. The molecule has 0 atom stereocenters. The molecule has 0 aliphatic carbocycles. The summed E-state index contributed by atoms with van der Waals surface area (Å²) in [5, 5.41) is 13.5. The van der Waals surface area contributed by atoms with E-state index in [0.717, 1.165) is 12.1 Å². The Bertz CT molecular complexity index is 780. The van der Waals surface area contributed by atoms with Crippen LogP contribution >= 0.6 is 0 Å². The summed E-state index contributed by atoms with van der Waals surface area (Å²) in [5.41, 5.74) is 1.35. The summed E-state index contributed by atoms with van der Waals surface area (Å²) in [6.45, 7) is 1.53. The van der Waals surface area contributed by atoms with Gasteiger partial charge in [0.1, 0.15) is 5.69 Å². The van der Waals surface area contributed by atoms with Gasteiger partial charge in [-0.05, 0) is 12.5 Å². The van der Waals surface area contributed by atoms with Gasteiger partial charge in [0.2, 0.25) is 5.43 Å². The average molecular weight is 318 g/mol. The molecule has 1 amide bonds. The summed E-state index contributed by atoms with van der Waals surface area (Å²) < 4.78 is 6.72. The fourth-order valence-corrected chi connectivity index (χ4v) is 2.68. The standard InChI is InChI=1S/C15H18N4O4/c1-23-14-7-16-12(6-13(14)21)15(22)18-3-2-4-19-11(8-18)5-10(9-20)17-19/h5-7,20H,2-4,8-9H2,1H3,(H,16,21). The number of H-pyrrole nitrogens is 1. The number of amides is 1. The van der Waals surface area contributed by atoms with Crippen LogP contribution in [0.1, 0.15) is 28.3 Å². The Morgan fingerprint density at radius 3 is 2.96 bits per heavy atom. The molecule has 0 saturated heterocycles. The summed E-state index contributed by atoms with van der Waals surface area (Å²) >= 11 is 0. The molecule has 122 valence electrons. The minimum absolute atomic E-state index is 0.125. The Hall–Kier alpha value is -2.61. The maximum atomic E-state index is 12.6. The third-order valence-electron chi connectivity index (χ3n) is 3.84. The first-order valence-corrected chi connectivity index (χ1v) is 7.35. The number of methoxy groups -OCH3 is 1. The largest absolute Gasteiger partial charge is 0.491 e. The monoisotopic (exact) mass is 318 g/mol. The van der Waals surface area contributed by atoms with Crippen molar-refractivity contribution in [1.29, 1.82) is 0 Å². The van der Waals surface area contributed by atoms with E-state index >= 15 is 0 Å². The molecule has 1 aliphatic heterocycles. The van der Waals surface area contributed by atoms with Crippen molar-refractivity contribution in [2.45, 2.75) is 26.1 Å². The van der Waals surface area contributed by atoms with Gasteiger partial charge < -0.3 is 19.7 Å². The first kappa shape index (κ1) is 15.3. The summed E-state index contributed by atoms with van der Waals surface area (Å²) in [5.74, 6) is -0.0759. The quantitative estimate of drug-likeness (QED) is 0.837. The smallest absolute Gasteiger partial charge is 0.270 e. The van der Waals surface area contributed by atoms with Crippen LogP contribution in [0, 0.1) is 0 Å². The Labute approximate surface area is 132 Å². The van der Waals surface area contributed by atoms with E-state index in [4.69, 9.17) is 4.74 Å². The molecule has 2 aromatic heterocycles. The van der Waals surface area contributed by atoms with Gasteiger partial charge in [0.25, 0.3) is 5.91 Å². The van der Waals surface area contributed by atoms with Crippen molar-refractivity contribution in [3.63, 3.8) is 0 Å². The molecule has 0 spiro atoms. The molecule has 3 heterocycles. The number of ether oxygens (including phenoxy) is 1. The lowest BCUT2D eigenvalue weighted by molar-refractivity contribution is 0.0739. The molecule has 0 saturated carbocycles. The van der Waals surface area contributed by atoms with Crippen molar-refractivity contribution in [3.8, 4) is 5.75 Å². The van der Waals surface area contributed by atoms with Crippen molar-refractivity contribution < 1.29 is 14.6 Å². The van der Waals surface area contributed by atoms with Gasteiger partial charge in [-0.25, -0.2) is 0 Å². The fraction of sp³-hybridized carbons (Fsp3) is 0.400. The molecular weight excluding hydrogens is 300 g/mol. The van der Waals surface area contributed by atoms with Crippen molar-refractivity contribution in [2.24, 2.45) is 0 Å². The van der Waals surface area contributed by atoms with Crippen LogP contribution in [-0.2, 0) is 19.7 Å². The lowest BCUT2D eigenvalue weighted by Gasteiger charge is -2.19. The second kappa shape index (κ2) is 6.25. The minimum Gasteiger partial charge on any atom is -0.491 e. The fourth-order valence-electron chi connectivity index (χ4n) is 2.68.